The SMILES string of the molecule is CC1(C)OB(c2ccc(C3COC3)c(F)c2)OC1(C)C. The second kappa shape index (κ2) is 4.55. The van der Waals surface area contributed by atoms with E-state index in [1.807, 2.05) is 39.8 Å². The topological polar surface area (TPSA) is 27.7 Å². The van der Waals surface area contributed by atoms with Crippen LogP contribution in [-0.4, -0.2) is 31.5 Å². The Balaban J connectivity index is 1.83. The smallest absolute Gasteiger partial charge is 0.399 e. The third kappa shape index (κ3) is 2.18. The van der Waals surface area contributed by atoms with E-state index in [2.05, 4.69) is 0 Å². The first-order valence-electron chi connectivity index (χ1n) is 7.03. The molecule has 0 aliphatic carbocycles. The van der Waals surface area contributed by atoms with Gasteiger partial charge in [-0.3, -0.25) is 0 Å². The molecule has 0 bridgehead atoms. The zero-order valence-electron chi connectivity index (χ0n) is 12.4. The molecule has 0 N–H and O–H groups in total. The molecule has 1 aromatic rings. The summed E-state index contributed by atoms with van der Waals surface area (Å²) >= 11 is 0. The Labute approximate surface area is 119 Å². The fraction of sp³-hybridized carbons (Fsp3) is 0.600. The predicted molar refractivity (Wildman–Crippen MR) is 75.7 cm³/mol. The first-order valence-corrected chi connectivity index (χ1v) is 7.03. The minimum absolute atomic E-state index is 0.183. The molecule has 2 fully saturated rings. The Kier molecular flexibility index (Phi) is 3.20. The van der Waals surface area contributed by atoms with Crippen LogP contribution in [0.25, 0.3) is 0 Å². The highest BCUT2D eigenvalue weighted by Crippen LogP contribution is 2.36. The molecule has 0 radical (unpaired) electrons. The average Bonchev–Trinajstić information content (AvgIpc) is 2.48. The number of hydrogen-bond acceptors (Lipinski definition) is 3. The summed E-state index contributed by atoms with van der Waals surface area (Å²) in [5, 5.41) is 0. The molecule has 3 nitrogen and oxygen atoms in total. The zero-order valence-corrected chi connectivity index (χ0v) is 12.4. The number of ether oxygens (including phenoxy) is 1. The van der Waals surface area contributed by atoms with Crippen LogP contribution in [0.2, 0.25) is 0 Å². The summed E-state index contributed by atoms with van der Waals surface area (Å²) in [6.45, 7) is 9.17. The predicted octanol–water partition coefficient (Wildman–Crippen LogP) is 2.24. The Morgan fingerprint density at radius 3 is 2.15 bits per heavy atom. The lowest BCUT2D eigenvalue weighted by molar-refractivity contribution is 0.00578. The largest absolute Gasteiger partial charge is 0.494 e. The third-order valence-corrected chi connectivity index (χ3v) is 4.63. The fourth-order valence-corrected chi connectivity index (χ4v) is 2.42. The number of benzene rings is 1. The summed E-state index contributed by atoms with van der Waals surface area (Å²) in [5.41, 5.74) is 0.630. The van der Waals surface area contributed by atoms with Crippen molar-refractivity contribution in [1.29, 1.82) is 0 Å². The molecule has 3 rings (SSSR count). The standard InChI is InChI=1S/C15H20BFO3/c1-14(2)15(3,4)20-16(19-14)11-5-6-12(13(17)7-11)10-8-18-9-10/h5-7,10H,8-9H2,1-4H3. The van der Waals surface area contributed by atoms with E-state index in [0.717, 1.165) is 11.0 Å². The van der Waals surface area contributed by atoms with Crippen LogP contribution in [0.4, 0.5) is 4.39 Å². The van der Waals surface area contributed by atoms with E-state index in [0.29, 0.717) is 13.2 Å². The molecule has 5 heteroatoms. The lowest BCUT2D eigenvalue weighted by Gasteiger charge is -2.32. The summed E-state index contributed by atoms with van der Waals surface area (Å²) in [6.07, 6.45) is 0. The van der Waals surface area contributed by atoms with E-state index in [-0.39, 0.29) is 11.7 Å². The molecule has 2 aliphatic heterocycles. The van der Waals surface area contributed by atoms with Crippen molar-refractivity contribution in [2.45, 2.75) is 44.8 Å². The monoisotopic (exact) mass is 278 g/mol. The zero-order chi connectivity index (χ0) is 14.5. The summed E-state index contributed by atoms with van der Waals surface area (Å²) in [6, 6.07) is 5.23. The minimum Gasteiger partial charge on any atom is -0.399 e. The number of hydrogen-bond donors (Lipinski definition) is 0. The quantitative estimate of drug-likeness (QED) is 0.776. The van der Waals surface area contributed by atoms with Crippen molar-refractivity contribution in [3.8, 4) is 0 Å². The van der Waals surface area contributed by atoms with Gasteiger partial charge >= 0.3 is 7.12 Å². The van der Waals surface area contributed by atoms with Crippen LogP contribution in [0, 0.1) is 5.82 Å². The van der Waals surface area contributed by atoms with Gasteiger partial charge in [0.25, 0.3) is 0 Å². The van der Waals surface area contributed by atoms with Gasteiger partial charge in [-0.15, -0.1) is 0 Å². The van der Waals surface area contributed by atoms with Gasteiger partial charge in [-0.1, -0.05) is 12.1 Å². The Bertz CT molecular complexity index is 510. The average molecular weight is 278 g/mol. The van der Waals surface area contributed by atoms with E-state index in [1.54, 1.807) is 0 Å². The Hall–Kier alpha value is -0.905. The molecule has 0 spiro atoms. The highest BCUT2D eigenvalue weighted by molar-refractivity contribution is 6.62. The first-order chi connectivity index (χ1) is 9.30. The van der Waals surface area contributed by atoms with Gasteiger partial charge in [0.15, 0.2) is 0 Å². The maximum absolute atomic E-state index is 14.2. The molecule has 2 aliphatic rings. The second-order valence-corrected chi connectivity index (χ2v) is 6.60. The molecule has 108 valence electrons. The summed E-state index contributed by atoms with van der Waals surface area (Å²) in [4.78, 5) is 0. The van der Waals surface area contributed by atoms with Gasteiger partial charge < -0.3 is 14.0 Å². The van der Waals surface area contributed by atoms with E-state index in [4.69, 9.17) is 14.0 Å². The van der Waals surface area contributed by atoms with Gasteiger partial charge in [-0.25, -0.2) is 4.39 Å². The molecule has 2 heterocycles. The number of halogens is 1. The maximum atomic E-state index is 14.2. The van der Waals surface area contributed by atoms with E-state index in [1.165, 1.54) is 6.07 Å². The molecule has 0 aromatic heterocycles. The molecular weight excluding hydrogens is 258 g/mol. The molecule has 0 unspecified atom stereocenters. The normalized spacial score (nSPS) is 24.8. The van der Waals surface area contributed by atoms with Gasteiger partial charge in [0.2, 0.25) is 0 Å². The van der Waals surface area contributed by atoms with Gasteiger partial charge in [-0.05, 0) is 44.8 Å². The molecule has 1 aromatic carbocycles. The van der Waals surface area contributed by atoms with Crippen LogP contribution >= 0.6 is 0 Å². The molecule has 2 saturated heterocycles. The molecule has 0 saturated carbocycles. The molecule has 0 amide bonds. The van der Waals surface area contributed by atoms with Gasteiger partial charge in [0.05, 0.1) is 24.4 Å². The molecule has 0 atom stereocenters. The van der Waals surface area contributed by atoms with E-state index < -0.39 is 18.3 Å². The van der Waals surface area contributed by atoms with Crippen LogP contribution in [0.1, 0.15) is 39.2 Å². The fourth-order valence-electron chi connectivity index (χ4n) is 2.42. The highest BCUT2D eigenvalue weighted by atomic mass is 19.1. The van der Waals surface area contributed by atoms with Crippen molar-refractivity contribution in [2.24, 2.45) is 0 Å². The van der Waals surface area contributed by atoms with Crippen LogP contribution in [0.5, 0.6) is 0 Å². The first kappa shape index (κ1) is 14.0. The maximum Gasteiger partial charge on any atom is 0.494 e. The Morgan fingerprint density at radius 1 is 1.10 bits per heavy atom. The van der Waals surface area contributed by atoms with Crippen molar-refractivity contribution < 1.29 is 18.4 Å². The van der Waals surface area contributed by atoms with E-state index >= 15 is 0 Å². The second-order valence-electron chi connectivity index (χ2n) is 6.60. The van der Waals surface area contributed by atoms with Crippen molar-refractivity contribution in [3.63, 3.8) is 0 Å². The summed E-state index contributed by atoms with van der Waals surface area (Å²) in [5.74, 6) is -0.0205. The number of rotatable bonds is 2. The highest BCUT2D eigenvalue weighted by Gasteiger charge is 2.51. The van der Waals surface area contributed by atoms with Crippen molar-refractivity contribution >= 4 is 12.6 Å². The van der Waals surface area contributed by atoms with Gasteiger partial charge in [-0.2, -0.15) is 0 Å². The summed E-state index contributed by atoms with van der Waals surface area (Å²) in [7, 11) is -0.513. The third-order valence-electron chi connectivity index (χ3n) is 4.63. The van der Waals surface area contributed by atoms with Crippen LogP contribution in [-0.2, 0) is 14.0 Å². The Morgan fingerprint density at radius 2 is 1.70 bits per heavy atom. The lowest BCUT2D eigenvalue weighted by Crippen LogP contribution is -2.41. The lowest BCUT2D eigenvalue weighted by atomic mass is 9.78. The van der Waals surface area contributed by atoms with Crippen molar-refractivity contribution in [1.82, 2.24) is 0 Å². The van der Waals surface area contributed by atoms with Gasteiger partial charge in [0, 0.05) is 5.92 Å². The van der Waals surface area contributed by atoms with Gasteiger partial charge in [0.1, 0.15) is 5.82 Å². The molecule has 20 heavy (non-hydrogen) atoms. The van der Waals surface area contributed by atoms with Crippen LogP contribution in [0.3, 0.4) is 0 Å². The molecular formula is C15H20BFO3. The van der Waals surface area contributed by atoms with Crippen LogP contribution in [0.15, 0.2) is 18.2 Å². The van der Waals surface area contributed by atoms with Crippen LogP contribution < -0.4 is 5.46 Å². The minimum atomic E-state index is -0.513. The van der Waals surface area contributed by atoms with Crippen molar-refractivity contribution in [2.75, 3.05) is 13.2 Å². The summed E-state index contributed by atoms with van der Waals surface area (Å²) < 4.78 is 31.2. The van der Waals surface area contributed by atoms with E-state index in [9.17, 15) is 4.39 Å². The van der Waals surface area contributed by atoms with Crippen molar-refractivity contribution in [3.05, 3.63) is 29.6 Å².